The predicted octanol–water partition coefficient (Wildman–Crippen LogP) is 4.84. The number of aromatic nitrogens is 3. The van der Waals surface area contributed by atoms with Crippen molar-refractivity contribution in [2.75, 3.05) is 11.9 Å². The molecule has 4 rings (SSSR count). The van der Waals surface area contributed by atoms with Crippen molar-refractivity contribution in [3.05, 3.63) is 84.6 Å². The molecule has 0 radical (unpaired) electrons. The van der Waals surface area contributed by atoms with Gasteiger partial charge in [-0.1, -0.05) is 60.7 Å². The van der Waals surface area contributed by atoms with E-state index in [4.69, 9.17) is 0 Å². The van der Waals surface area contributed by atoms with Crippen LogP contribution in [-0.4, -0.2) is 27.5 Å². The second kappa shape index (κ2) is 9.60. The van der Waals surface area contributed by atoms with Gasteiger partial charge in [-0.2, -0.15) is 0 Å². The van der Waals surface area contributed by atoms with Gasteiger partial charge >= 0.3 is 6.03 Å². The zero-order valence-electron chi connectivity index (χ0n) is 16.6. The molecule has 2 N–H and O–H groups in total. The molecule has 0 aliphatic carbocycles. The molecule has 6 heteroatoms. The quantitative estimate of drug-likeness (QED) is 0.438. The van der Waals surface area contributed by atoms with Crippen LogP contribution in [0.2, 0.25) is 0 Å². The summed E-state index contributed by atoms with van der Waals surface area (Å²) < 4.78 is 0. The van der Waals surface area contributed by atoms with E-state index in [2.05, 4.69) is 37.7 Å². The fourth-order valence-corrected chi connectivity index (χ4v) is 3.18. The zero-order chi connectivity index (χ0) is 20.6. The molecule has 150 valence electrons. The zero-order valence-corrected chi connectivity index (χ0v) is 16.6. The molecule has 0 saturated carbocycles. The van der Waals surface area contributed by atoms with Gasteiger partial charge in [-0.3, -0.25) is 10.3 Å². The highest BCUT2D eigenvalue weighted by Crippen LogP contribution is 2.19. The van der Waals surface area contributed by atoms with Crippen LogP contribution in [0.4, 0.5) is 10.6 Å². The van der Waals surface area contributed by atoms with Crippen LogP contribution in [0.25, 0.3) is 22.4 Å². The summed E-state index contributed by atoms with van der Waals surface area (Å²) in [6.45, 7) is 0.615. The van der Waals surface area contributed by atoms with Gasteiger partial charge in [0.1, 0.15) is 11.3 Å². The molecule has 0 fully saturated rings. The molecule has 0 aliphatic rings. The maximum absolute atomic E-state index is 12.2. The Labute approximate surface area is 175 Å². The van der Waals surface area contributed by atoms with Crippen molar-refractivity contribution < 1.29 is 4.79 Å². The number of unbranched alkanes of at least 4 members (excludes halogenated alkanes) is 1. The lowest BCUT2D eigenvalue weighted by molar-refractivity contribution is 0.252. The fraction of sp³-hybridized carbons (Fsp3) is 0.167. The molecule has 4 aromatic rings. The minimum atomic E-state index is -0.270. The number of carbonyl (C=O) groups is 1. The Morgan fingerprint density at radius 3 is 2.40 bits per heavy atom. The molecule has 6 nitrogen and oxygen atoms in total. The largest absolute Gasteiger partial charge is 0.338 e. The van der Waals surface area contributed by atoms with E-state index in [1.165, 1.54) is 5.56 Å². The lowest BCUT2D eigenvalue weighted by Gasteiger charge is -2.08. The Hall–Kier alpha value is -3.80. The number of rotatable bonds is 7. The summed E-state index contributed by atoms with van der Waals surface area (Å²) in [6, 6.07) is 23.4. The van der Waals surface area contributed by atoms with Gasteiger partial charge in [0, 0.05) is 12.1 Å². The van der Waals surface area contributed by atoms with E-state index in [0.717, 1.165) is 30.5 Å². The number of hydrogen-bond donors (Lipinski definition) is 2. The number of pyridine rings is 1. The normalized spacial score (nSPS) is 10.7. The summed E-state index contributed by atoms with van der Waals surface area (Å²) in [5.41, 5.74) is 4.22. The first-order valence-corrected chi connectivity index (χ1v) is 10.1. The van der Waals surface area contributed by atoms with Crippen molar-refractivity contribution in [2.45, 2.75) is 19.3 Å². The smallest absolute Gasteiger partial charge is 0.320 e. The van der Waals surface area contributed by atoms with Crippen molar-refractivity contribution in [3.8, 4) is 11.3 Å². The SMILES string of the molecule is O=C(NCCCCc1ccccc1)Nc1ccc2ncc(-c3ccccc3)nc2n1. The van der Waals surface area contributed by atoms with Crippen LogP contribution in [0.15, 0.2) is 79.0 Å². The van der Waals surface area contributed by atoms with Gasteiger partial charge in [0.25, 0.3) is 0 Å². The Morgan fingerprint density at radius 1 is 0.833 bits per heavy atom. The molecule has 0 atom stereocenters. The molecule has 0 spiro atoms. The molecule has 2 aromatic carbocycles. The maximum atomic E-state index is 12.2. The molecular weight excluding hydrogens is 374 g/mol. The first-order valence-electron chi connectivity index (χ1n) is 10.1. The molecule has 2 amide bonds. The minimum Gasteiger partial charge on any atom is -0.338 e. The van der Waals surface area contributed by atoms with Gasteiger partial charge in [-0.15, -0.1) is 0 Å². The summed E-state index contributed by atoms with van der Waals surface area (Å²) in [7, 11) is 0. The van der Waals surface area contributed by atoms with Crippen LogP contribution < -0.4 is 10.6 Å². The molecule has 0 aliphatic heterocycles. The molecule has 30 heavy (non-hydrogen) atoms. The Kier molecular flexibility index (Phi) is 6.25. The van der Waals surface area contributed by atoms with Crippen LogP contribution >= 0.6 is 0 Å². The number of carbonyl (C=O) groups excluding carboxylic acids is 1. The third-order valence-electron chi connectivity index (χ3n) is 4.74. The lowest BCUT2D eigenvalue weighted by atomic mass is 10.1. The highest BCUT2D eigenvalue weighted by molar-refractivity contribution is 5.89. The summed E-state index contributed by atoms with van der Waals surface area (Å²) in [5.74, 6) is 0.448. The second-order valence-electron chi connectivity index (χ2n) is 6.98. The van der Waals surface area contributed by atoms with E-state index < -0.39 is 0 Å². The molecule has 0 bridgehead atoms. The third-order valence-corrected chi connectivity index (χ3v) is 4.74. The maximum Gasteiger partial charge on any atom is 0.320 e. The van der Waals surface area contributed by atoms with Gasteiger partial charge in [-0.05, 0) is 37.0 Å². The number of anilines is 1. The first kappa shape index (κ1) is 19.5. The van der Waals surface area contributed by atoms with Gasteiger partial charge in [0.15, 0.2) is 5.65 Å². The Morgan fingerprint density at radius 2 is 1.60 bits per heavy atom. The van der Waals surface area contributed by atoms with Crippen LogP contribution in [0.3, 0.4) is 0 Å². The van der Waals surface area contributed by atoms with Gasteiger partial charge in [0.2, 0.25) is 0 Å². The van der Waals surface area contributed by atoms with E-state index >= 15 is 0 Å². The van der Waals surface area contributed by atoms with E-state index in [9.17, 15) is 4.79 Å². The van der Waals surface area contributed by atoms with Crippen molar-refractivity contribution in [3.63, 3.8) is 0 Å². The summed E-state index contributed by atoms with van der Waals surface area (Å²) in [6.07, 6.45) is 4.68. The van der Waals surface area contributed by atoms with Gasteiger partial charge in [0.05, 0.1) is 11.9 Å². The highest BCUT2D eigenvalue weighted by Gasteiger charge is 2.07. The van der Waals surface area contributed by atoms with Crippen LogP contribution in [0.5, 0.6) is 0 Å². The van der Waals surface area contributed by atoms with E-state index in [1.807, 2.05) is 48.5 Å². The van der Waals surface area contributed by atoms with Crippen molar-refractivity contribution >= 4 is 23.0 Å². The Balaban J connectivity index is 1.31. The number of nitrogens with one attached hydrogen (secondary N) is 2. The third kappa shape index (κ3) is 5.17. The average molecular weight is 397 g/mol. The average Bonchev–Trinajstić information content (AvgIpc) is 2.79. The number of urea groups is 1. The van der Waals surface area contributed by atoms with Crippen molar-refractivity contribution in [2.24, 2.45) is 0 Å². The number of fused-ring (bicyclic) bond motifs is 1. The Bertz CT molecular complexity index is 1120. The molecule has 2 heterocycles. The van der Waals surface area contributed by atoms with Crippen molar-refractivity contribution in [1.29, 1.82) is 0 Å². The number of hydrogen-bond acceptors (Lipinski definition) is 4. The highest BCUT2D eigenvalue weighted by atomic mass is 16.2. The summed E-state index contributed by atoms with van der Waals surface area (Å²) in [5, 5.41) is 5.65. The molecular formula is C24H23N5O. The lowest BCUT2D eigenvalue weighted by Crippen LogP contribution is -2.29. The van der Waals surface area contributed by atoms with E-state index in [1.54, 1.807) is 18.3 Å². The number of benzene rings is 2. The number of amides is 2. The number of nitrogens with zero attached hydrogens (tertiary/aromatic N) is 3. The second-order valence-corrected chi connectivity index (χ2v) is 6.98. The van der Waals surface area contributed by atoms with E-state index in [0.29, 0.717) is 23.5 Å². The molecule has 2 aromatic heterocycles. The standard InChI is InChI=1S/C24H23N5O/c30-24(25-16-8-7-11-18-9-3-1-4-10-18)29-22-15-14-20-23(28-22)27-21(17-26-20)19-12-5-2-6-13-19/h1-6,9-10,12-15,17H,7-8,11,16H2,(H2,25,27,28,29,30). The van der Waals surface area contributed by atoms with Gasteiger partial charge in [-0.25, -0.2) is 14.8 Å². The topological polar surface area (TPSA) is 79.8 Å². The van der Waals surface area contributed by atoms with Gasteiger partial charge < -0.3 is 5.32 Å². The monoisotopic (exact) mass is 397 g/mol. The van der Waals surface area contributed by atoms with Crippen LogP contribution in [-0.2, 0) is 6.42 Å². The van der Waals surface area contributed by atoms with E-state index in [-0.39, 0.29) is 6.03 Å². The fourth-order valence-electron chi connectivity index (χ4n) is 3.18. The predicted molar refractivity (Wildman–Crippen MR) is 119 cm³/mol. The molecule has 0 unspecified atom stereocenters. The van der Waals surface area contributed by atoms with Crippen LogP contribution in [0.1, 0.15) is 18.4 Å². The minimum absolute atomic E-state index is 0.270. The first-order chi connectivity index (χ1) is 14.8. The molecule has 0 saturated heterocycles. The summed E-state index contributed by atoms with van der Waals surface area (Å²) in [4.78, 5) is 25.6. The number of aryl methyl sites for hydroxylation is 1. The van der Waals surface area contributed by atoms with Crippen molar-refractivity contribution in [1.82, 2.24) is 20.3 Å². The van der Waals surface area contributed by atoms with Crippen LogP contribution in [0, 0.1) is 0 Å². The summed E-state index contributed by atoms with van der Waals surface area (Å²) >= 11 is 0.